The number of anilines is 1. The van der Waals surface area contributed by atoms with E-state index in [-0.39, 0.29) is 12.1 Å². The van der Waals surface area contributed by atoms with Crippen molar-refractivity contribution in [2.24, 2.45) is 4.99 Å². The topological polar surface area (TPSA) is 35.9 Å². The number of carbonyl (C=O) groups is 1. The molecule has 1 heterocycles. The largest absolute Gasteiger partial charge is 0.333 e. The van der Waals surface area contributed by atoms with Gasteiger partial charge in [-0.3, -0.25) is 14.7 Å². The maximum Gasteiger partial charge on any atom is 0.225 e. The number of aryl methyl sites for hydroxylation is 1. The first-order valence-corrected chi connectivity index (χ1v) is 11.4. The van der Waals surface area contributed by atoms with E-state index in [2.05, 4.69) is 43.1 Å². The molecule has 148 valence electrons. The number of nitrogens with zero attached hydrogens (tertiary/aromatic N) is 3. The molecule has 4 nitrogen and oxygen atoms in total. The van der Waals surface area contributed by atoms with E-state index in [4.69, 9.17) is 4.99 Å². The van der Waals surface area contributed by atoms with E-state index in [1.165, 1.54) is 50.5 Å². The zero-order valence-corrected chi connectivity index (χ0v) is 17.8. The zero-order chi connectivity index (χ0) is 19.2. The SMILES string of the molecule is CCCCc1ccc(N(C(C)=O)C2CSC(=NC3CCCCC3)N2C)cc1. The average molecular weight is 388 g/mol. The summed E-state index contributed by atoms with van der Waals surface area (Å²) in [4.78, 5) is 21.6. The average Bonchev–Trinajstić information content (AvgIpc) is 3.02. The maximum absolute atomic E-state index is 12.5. The molecule has 0 radical (unpaired) electrons. The van der Waals surface area contributed by atoms with Gasteiger partial charge in [-0.05, 0) is 43.4 Å². The Bertz CT molecular complexity index is 652. The van der Waals surface area contributed by atoms with Crippen LogP contribution < -0.4 is 4.90 Å². The molecule has 1 saturated heterocycles. The summed E-state index contributed by atoms with van der Waals surface area (Å²) in [6.07, 6.45) is 9.90. The Balaban J connectivity index is 1.73. The van der Waals surface area contributed by atoms with Crippen molar-refractivity contribution in [3.8, 4) is 0 Å². The summed E-state index contributed by atoms with van der Waals surface area (Å²) in [6.45, 7) is 3.88. The van der Waals surface area contributed by atoms with Crippen LogP contribution in [0.4, 0.5) is 5.69 Å². The highest BCUT2D eigenvalue weighted by molar-refractivity contribution is 8.14. The Labute approximate surface area is 168 Å². The molecule has 1 saturated carbocycles. The third kappa shape index (κ3) is 5.07. The molecule has 2 aliphatic rings. The molecule has 2 fully saturated rings. The van der Waals surface area contributed by atoms with Crippen molar-refractivity contribution in [3.63, 3.8) is 0 Å². The van der Waals surface area contributed by atoms with Crippen molar-refractivity contribution in [3.05, 3.63) is 29.8 Å². The molecule has 0 aromatic heterocycles. The van der Waals surface area contributed by atoms with Gasteiger partial charge >= 0.3 is 0 Å². The summed E-state index contributed by atoms with van der Waals surface area (Å²) >= 11 is 1.79. The molecule has 1 aromatic carbocycles. The van der Waals surface area contributed by atoms with Crippen LogP contribution >= 0.6 is 11.8 Å². The molecule has 1 aromatic rings. The predicted octanol–water partition coefficient (Wildman–Crippen LogP) is 5.08. The normalized spacial score (nSPS) is 22.4. The fraction of sp³-hybridized carbons (Fsp3) is 0.636. The van der Waals surface area contributed by atoms with Crippen molar-refractivity contribution in [2.75, 3.05) is 17.7 Å². The number of benzene rings is 1. The minimum Gasteiger partial charge on any atom is -0.333 e. The molecule has 1 amide bonds. The Morgan fingerprint density at radius 2 is 1.93 bits per heavy atom. The van der Waals surface area contributed by atoms with Crippen LogP contribution in [0.3, 0.4) is 0 Å². The Morgan fingerprint density at radius 1 is 1.22 bits per heavy atom. The number of hydrogen-bond acceptors (Lipinski definition) is 3. The van der Waals surface area contributed by atoms with E-state index < -0.39 is 0 Å². The molecular formula is C22H33N3OS. The molecule has 3 rings (SSSR count). The smallest absolute Gasteiger partial charge is 0.225 e. The summed E-state index contributed by atoms with van der Waals surface area (Å²) in [5, 5.41) is 1.10. The van der Waals surface area contributed by atoms with E-state index in [0.717, 1.165) is 23.0 Å². The quantitative estimate of drug-likeness (QED) is 0.683. The summed E-state index contributed by atoms with van der Waals surface area (Å²) < 4.78 is 0. The second-order valence-electron chi connectivity index (χ2n) is 7.77. The molecule has 5 heteroatoms. The molecule has 0 spiro atoms. The summed E-state index contributed by atoms with van der Waals surface area (Å²) in [7, 11) is 2.08. The van der Waals surface area contributed by atoms with Gasteiger partial charge < -0.3 is 4.90 Å². The lowest BCUT2D eigenvalue weighted by molar-refractivity contribution is -0.117. The third-order valence-corrected chi connectivity index (χ3v) is 6.77. The second-order valence-corrected chi connectivity index (χ2v) is 8.75. The minimum atomic E-state index is 0.0383. The number of thioether (sulfide) groups is 1. The van der Waals surface area contributed by atoms with E-state index in [1.54, 1.807) is 18.7 Å². The molecular weight excluding hydrogens is 354 g/mol. The highest BCUT2D eigenvalue weighted by Crippen LogP contribution is 2.31. The lowest BCUT2D eigenvalue weighted by Gasteiger charge is -2.33. The number of carbonyl (C=O) groups excluding carboxylic acids is 1. The first kappa shape index (κ1) is 20.2. The standard InChI is InChI=1S/C22H33N3OS/c1-4-5-9-18-12-14-20(15-13-18)25(17(2)26)21-16-27-22(24(21)3)23-19-10-7-6-8-11-19/h12-15,19,21H,4-11,16H2,1-3H3. The highest BCUT2D eigenvalue weighted by Gasteiger charge is 2.34. The molecule has 0 bridgehead atoms. The van der Waals surface area contributed by atoms with Gasteiger partial charge in [0.1, 0.15) is 6.17 Å². The van der Waals surface area contributed by atoms with Gasteiger partial charge in [0.25, 0.3) is 0 Å². The molecule has 1 atom stereocenters. The molecule has 27 heavy (non-hydrogen) atoms. The molecule has 1 aliphatic carbocycles. The maximum atomic E-state index is 12.5. The highest BCUT2D eigenvalue weighted by atomic mass is 32.2. The Morgan fingerprint density at radius 3 is 2.56 bits per heavy atom. The summed E-state index contributed by atoms with van der Waals surface area (Å²) in [6, 6.07) is 8.99. The third-order valence-electron chi connectivity index (χ3n) is 5.65. The molecule has 1 unspecified atom stereocenters. The van der Waals surface area contributed by atoms with Gasteiger partial charge in [-0.2, -0.15) is 0 Å². The van der Waals surface area contributed by atoms with Crippen LogP contribution in [0.15, 0.2) is 29.3 Å². The van der Waals surface area contributed by atoms with E-state index in [1.807, 2.05) is 4.90 Å². The minimum absolute atomic E-state index is 0.0383. The lowest BCUT2D eigenvalue weighted by Crippen LogP contribution is -2.48. The van der Waals surface area contributed by atoms with Crippen LogP contribution in [0.2, 0.25) is 0 Å². The predicted molar refractivity (Wildman–Crippen MR) is 117 cm³/mol. The van der Waals surface area contributed by atoms with Crippen LogP contribution in [-0.4, -0.2) is 41.0 Å². The number of aliphatic imine (C=N–C) groups is 1. The van der Waals surface area contributed by atoms with Gasteiger partial charge in [-0.1, -0.05) is 56.5 Å². The van der Waals surface area contributed by atoms with Crippen molar-refractivity contribution in [1.29, 1.82) is 0 Å². The van der Waals surface area contributed by atoms with Crippen molar-refractivity contribution in [1.82, 2.24) is 4.90 Å². The van der Waals surface area contributed by atoms with Crippen molar-refractivity contribution in [2.45, 2.75) is 77.4 Å². The number of hydrogen-bond donors (Lipinski definition) is 0. The molecule has 0 N–H and O–H groups in total. The number of amidine groups is 1. The van der Waals surface area contributed by atoms with Gasteiger partial charge in [0.15, 0.2) is 5.17 Å². The number of amides is 1. The fourth-order valence-corrected chi connectivity index (χ4v) is 5.22. The fourth-order valence-electron chi connectivity index (χ4n) is 4.00. The number of rotatable bonds is 6. The number of unbranched alkanes of at least 4 members (excludes halogenated alkanes) is 1. The van der Waals surface area contributed by atoms with Crippen LogP contribution in [0.5, 0.6) is 0 Å². The van der Waals surface area contributed by atoms with E-state index in [9.17, 15) is 4.79 Å². The lowest BCUT2D eigenvalue weighted by atomic mass is 9.96. The van der Waals surface area contributed by atoms with Crippen LogP contribution in [0, 0.1) is 0 Å². The Kier molecular flexibility index (Phi) is 7.22. The van der Waals surface area contributed by atoms with E-state index >= 15 is 0 Å². The van der Waals surface area contributed by atoms with E-state index in [0.29, 0.717) is 6.04 Å². The summed E-state index contributed by atoms with van der Waals surface area (Å²) in [5.74, 6) is 0.965. The zero-order valence-electron chi connectivity index (χ0n) is 17.0. The van der Waals surface area contributed by atoms with Crippen molar-refractivity contribution < 1.29 is 4.79 Å². The van der Waals surface area contributed by atoms with Gasteiger partial charge in [-0.15, -0.1) is 0 Å². The van der Waals surface area contributed by atoms with Crippen LogP contribution in [0.1, 0.15) is 64.4 Å². The van der Waals surface area contributed by atoms with Crippen LogP contribution in [0.25, 0.3) is 0 Å². The monoisotopic (exact) mass is 387 g/mol. The first-order valence-electron chi connectivity index (χ1n) is 10.4. The van der Waals surface area contributed by atoms with Gasteiger partial charge in [0.05, 0.1) is 6.04 Å². The van der Waals surface area contributed by atoms with Gasteiger partial charge in [0, 0.05) is 25.4 Å². The van der Waals surface area contributed by atoms with Crippen LogP contribution in [-0.2, 0) is 11.2 Å². The summed E-state index contributed by atoms with van der Waals surface area (Å²) in [5.41, 5.74) is 2.33. The van der Waals surface area contributed by atoms with Crippen molar-refractivity contribution >= 4 is 28.5 Å². The van der Waals surface area contributed by atoms with Gasteiger partial charge in [-0.25, -0.2) is 0 Å². The molecule has 1 aliphatic heterocycles. The first-order chi connectivity index (χ1) is 13.1. The Hall–Kier alpha value is -1.49. The second kappa shape index (κ2) is 9.63. The van der Waals surface area contributed by atoms with Gasteiger partial charge in [0.2, 0.25) is 5.91 Å².